The van der Waals surface area contributed by atoms with Crippen LogP contribution in [0.25, 0.3) is 0 Å². The van der Waals surface area contributed by atoms with Crippen LogP contribution in [0.5, 0.6) is 0 Å². The molecule has 0 aromatic carbocycles. The van der Waals surface area contributed by atoms with Crippen LogP contribution in [0, 0.1) is 52.3 Å². The Bertz CT molecular complexity index is 727. The topological polar surface area (TPSA) is 80.9 Å². The SMILES string of the molecule is CCC1C(CC)C2(O)CC(O)CC[C@]2(C)[C@@H]2CC[C@@]3(C)[C@@H](C(CC)C(CC)C3(O)CCCO)[C@H]12. The quantitative estimate of drug-likeness (QED) is 0.386. The van der Waals surface area contributed by atoms with Gasteiger partial charge in [0.25, 0.3) is 0 Å². The summed E-state index contributed by atoms with van der Waals surface area (Å²) in [5, 5.41) is 45.3. The molecule has 0 heterocycles. The molecule has 0 bridgehead atoms. The van der Waals surface area contributed by atoms with Crippen molar-refractivity contribution in [2.24, 2.45) is 52.3 Å². The Morgan fingerprint density at radius 1 is 0.794 bits per heavy atom. The molecule has 4 aliphatic rings. The van der Waals surface area contributed by atoms with Crippen LogP contribution < -0.4 is 0 Å². The molecule has 4 N–H and O–H groups in total. The van der Waals surface area contributed by atoms with Gasteiger partial charge < -0.3 is 20.4 Å². The Labute approximate surface area is 208 Å². The molecular weight excluding hydrogens is 424 g/mol. The van der Waals surface area contributed by atoms with Crippen LogP contribution in [0.2, 0.25) is 0 Å². The predicted octanol–water partition coefficient (Wildman–Crippen LogP) is 5.55. The molecule has 0 radical (unpaired) electrons. The van der Waals surface area contributed by atoms with Gasteiger partial charge in [-0.2, -0.15) is 0 Å². The minimum absolute atomic E-state index is 0.142. The van der Waals surface area contributed by atoms with Gasteiger partial charge in [-0.15, -0.1) is 0 Å². The van der Waals surface area contributed by atoms with Crippen molar-refractivity contribution >= 4 is 0 Å². The predicted molar refractivity (Wildman–Crippen MR) is 137 cm³/mol. The van der Waals surface area contributed by atoms with Crippen molar-refractivity contribution in [2.75, 3.05) is 6.61 Å². The number of fused-ring (bicyclic) bond motifs is 5. The number of hydrogen-bond acceptors (Lipinski definition) is 4. The molecule has 0 amide bonds. The van der Waals surface area contributed by atoms with Gasteiger partial charge in [0.15, 0.2) is 0 Å². The molecule has 4 saturated carbocycles. The first kappa shape index (κ1) is 26.9. The maximum Gasteiger partial charge on any atom is 0.0759 e. The number of aliphatic hydroxyl groups is 4. The van der Waals surface area contributed by atoms with Crippen LogP contribution in [0.15, 0.2) is 0 Å². The lowest BCUT2D eigenvalue weighted by Crippen LogP contribution is -2.70. The third-order valence-electron chi connectivity index (χ3n) is 12.7. The lowest BCUT2D eigenvalue weighted by molar-refractivity contribution is -0.275. The highest BCUT2D eigenvalue weighted by Crippen LogP contribution is 2.75. The fourth-order valence-corrected chi connectivity index (χ4v) is 11.4. The Kier molecular flexibility index (Phi) is 7.35. The monoisotopic (exact) mass is 478 g/mol. The van der Waals surface area contributed by atoms with Gasteiger partial charge in [0.1, 0.15) is 0 Å². The van der Waals surface area contributed by atoms with E-state index in [4.69, 9.17) is 0 Å². The second kappa shape index (κ2) is 9.30. The zero-order valence-corrected chi connectivity index (χ0v) is 22.9. The summed E-state index contributed by atoms with van der Waals surface area (Å²) in [6.45, 7) is 14.0. The number of hydrogen-bond donors (Lipinski definition) is 4. The Balaban J connectivity index is 1.87. The molecule has 4 aliphatic carbocycles. The summed E-state index contributed by atoms with van der Waals surface area (Å²) in [6, 6.07) is 0. The summed E-state index contributed by atoms with van der Waals surface area (Å²) in [6.07, 6.45) is 9.38. The van der Waals surface area contributed by atoms with Crippen molar-refractivity contribution in [3.05, 3.63) is 0 Å². The normalized spacial score (nSPS) is 54.9. The van der Waals surface area contributed by atoms with E-state index in [9.17, 15) is 20.4 Å². The molecule has 0 spiro atoms. The molecule has 4 rings (SSSR count). The van der Waals surface area contributed by atoms with E-state index in [1.165, 1.54) is 0 Å². The minimum Gasteiger partial charge on any atom is -0.396 e. The maximum absolute atomic E-state index is 12.5. The van der Waals surface area contributed by atoms with Gasteiger partial charge in [-0.3, -0.25) is 0 Å². The van der Waals surface area contributed by atoms with E-state index in [1.54, 1.807) is 0 Å². The van der Waals surface area contributed by atoms with Crippen molar-refractivity contribution in [1.82, 2.24) is 0 Å². The Hall–Kier alpha value is -0.160. The summed E-state index contributed by atoms with van der Waals surface area (Å²) >= 11 is 0. The van der Waals surface area contributed by atoms with Gasteiger partial charge in [0.2, 0.25) is 0 Å². The summed E-state index contributed by atoms with van der Waals surface area (Å²) in [4.78, 5) is 0. The zero-order chi connectivity index (χ0) is 25.1. The molecule has 4 heteroatoms. The van der Waals surface area contributed by atoms with Gasteiger partial charge in [-0.1, -0.05) is 67.2 Å². The Morgan fingerprint density at radius 2 is 1.41 bits per heavy atom. The fourth-order valence-electron chi connectivity index (χ4n) is 11.4. The maximum atomic E-state index is 12.5. The third kappa shape index (κ3) is 3.30. The van der Waals surface area contributed by atoms with E-state index < -0.39 is 17.3 Å². The van der Waals surface area contributed by atoms with Crippen LogP contribution in [-0.2, 0) is 0 Å². The largest absolute Gasteiger partial charge is 0.396 e. The highest BCUT2D eigenvalue weighted by Gasteiger charge is 2.74. The van der Waals surface area contributed by atoms with Gasteiger partial charge in [0, 0.05) is 13.0 Å². The highest BCUT2D eigenvalue weighted by atomic mass is 16.3. The molecule has 0 aromatic heterocycles. The van der Waals surface area contributed by atoms with E-state index in [0.29, 0.717) is 48.9 Å². The molecular formula is C30H54O4. The first-order valence-corrected chi connectivity index (χ1v) is 14.8. The van der Waals surface area contributed by atoms with Gasteiger partial charge in [0.05, 0.1) is 17.3 Å². The van der Waals surface area contributed by atoms with Crippen LogP contribution in [0.3, 0.4) is 0 Å². The molecule has 4 nitrogen and oxygen atoms in total. The van der Waals surface area contributed by atoms with Crippen molar-refractivity contribution in [2.45, 2.75) is 129 Å². The first-order chi connectivity index (χ1) is 16.0. The molecule has 0 saturated heterocycles. The van der Waals surface area contributed by atoms with Crippen LogP contribution >= 0.6 is 0 Å². The summed E-state index contributed by atoms with van der Waals surface area (Å²) in [7, 11) is 0. The van der Waals surface area contributed by atoms with E-state index in [2.05, 4.69) is 41.5 Å². The second-order valence-electron chi connectivity index (χ2n) is 13.3. The van der Waals surface area contributed by atoms with Crippen molar-refractivity contribution in [3.8, 4) is 0 Å². The molecule has 0 aromatic rings. The van der Waals surface area contributed by atoms with Crippen molar-refractivity contribution in [1.29, 1.82) is 0 Å². The van der Waals surface area contributed by atoms with E-state index in [0.717, 1.165) is 51.4 Å². The molecule has 0 aliphatic heterocycles. The van der Waals surface area contributed by atoms with Crippen LogP contribution in [0.1, 0.15) is 112 Å². The van der Waals surface area contributed by atoms with Gasteiger partial charge in [-0.25, -0.2) is 0 Å². The highest BCUT2D eigenvalue weighted by molar-refractivity contribution is 5.23. The minimum atomic E-state index is -0.799. The second-order valence-corrected chi connectivity index (χ2v) is 13.3. The smallest absolute Gasteiger partial charge is 0.0759 e. The van der Waals surface area contributed by atoms with Crippen molar-refractivity contribution < 1.29 is 20.4 Å². The average molecular weight is 479 g/mol. The molecule has 34 heavy (non-hydrogen) atoms. The third-order valence-corrected chi connectivity index (χ3v) is 12.7. The molecule has 4 fully saturated rings. The average Bonchev–Trinajstić information content (AvgIpc) is 3.00. The number of aliphatic hydroxyl groups excluding tert-OH is 2. The van der Waals surface area contributed by atoms with E-state index in [-0.39, 0.29) is 29.3 Å². The van der Waals surface area contributed by atoms with E-state index in [1.807, 2.05) is 0 Å². The van der Waals surface area contributed by atoms with Crippen LogP contribution in [-0.4, -0.2) is 44.3 Å². The lowest BCUT2D eigenvalue weighted by atomic mass is 9.37. The van der Waals surface area contributed by atoms with Crippen LogP contribution in [0.4, 0.5) is 0 Å². The first-order valence-electron chi connectivity index (χ1n) is 14.8. The summed E-state index contributed by atoms with van der Waals surface area (Å²) in [5.74, 6) is 2.80. The van der Waals surface area contributed by atoms with Crippen molar-refractivity contribution in [3.63, 3.8) is 0 Å². The van der Waals surface area contributed by atoms with Gasteiger partial charge in [-0.05, 0) is 90.8 Å². The van der Waals surface area contributed by atoms with Gasteiger partial charge >= 0.3 is 0 Å². The summed E-state index contributed by atoms with van der Waals surface area (Å²) in [5.41, 5.74) is -1.84. The van der Waals surface area contributed by atoms with E-state index >= 15 is 0 Å². The molecule has 12 atom stereocenters. The molecule has 7 unspecified atom stereocenters. The fraction of sp³-hybridized carbons (Fsp3) is 1.00. The lowest BCUT2D eigenvalue weighted by Gasteiger charge is -2.69. The zero-order valence-electron chi connectivity index (χ0n) is 22.9. The Morgan fingerprint density at radius 3 is 1.97 bits per heavy atom. The number of rotatable bonds is 7. The standard InChI is InChI=1S/C30H54O4/c1-7-20-22(9-3)30(34)18-19(32)12-15-27(30,5)24-13-16-28(6)26(25(20)24)21(8-2)23(10-4)29(28,33)14-11-17-31/h19-26,31-34H,7-18H2,1-6H3/t19?,20?,21?,22?,23?,24-,25-,26+,27-,28+,29?,30?/m1/s1. The summed E-state index contributed by atoms with van der Waals surface area (Å²) < 4.78 is 0. The molecule has 198 valence electrons.